The first-order chi connectivity index (χ1) is 7.58. The lowest BCUT2D eigenvalue weighted by Crippen LogP contribution is -2.23. The molecule has 0 atom stereocenters. The third-order valence-corrected chi connectivity index (χ3v) is 2.33. The van der Waals surface area contributed by atoms with Gasteiger partial charge in [-0.3, -0.25) is 0 Å². The van der Waals surface area contributed by atoms with Crippen LogP contribution in [0.1, 0.15) is 13.8 Å². The summed E-state index contributed by atoms with van der Waals surface area (Å²) in [5.74, 6) is 0.424. The van der Waals surface area contributed by atoms with Crippen LogP contribution in [-0.4, -0.2) is 6.03 Å². The lowest BCUT2D eigenvalue weighted by atomic mass is 10.2. The predicted molar refractivity (Wildman–Crippen MR) is 70.3 cm³/mol. The molecule has 0 fully saturated rings. The third kappa shape index (κ3) is 4.98. The molecule has 1 aromatic rings. The molecule has 0 unspecified atom stereocenters. The number of allylic oxidation sites excluding steroid dienone is 1. The second kappa shape index (κ2) is 6.33. The summed E-state index contributed by atoms with van der Waals surface area (Å²) >= 11 is 3.33. The van der Waals surface area contributed by atoms with E-state index in [1.165, 1.54) is 0 Å². The summed E-state index contributed by atoms with van der Waals surface area (Å²) in [6.07, 6.45) is 3.57. The van der Waals surface area contributed by atoms with Crippen molar-refractivity contribution < 1.29 is 4.79 Å². The number of carbonyl (C=O) groups excluding carboxylic acids is 1. The second-order valence-corrected chi connectivity index (χ2v) is 4.62. The van der Waals surface area contributed by atoms with Crippen LogP contribution in [0, 0.1) is 5.92 Å². The van der Waals surface area contributed by atoms with Crippen molar-refractivity contribution in [1.82, 2.24) is 5.32 Å². The summed E-state index contributed by atoms with van der Waals surface area (Å²) in [5.41, 5.74) is 0.763. The number of rotatable bonds is 3. The molecule has 0 aliphatic rings. The SMILES string of the molecule is CC(C)/C=C/NC(=O)Nc1ccc(Br)cc1. The first-order valence-electron chi connectivity index (χ1n) is 5.07. The fourth-order valence-corrected chi connectivity index (χ4v) is 1.28. The monoisotopic (exact) mass is 282 g/mol. The van der Waals surface area contributed by atoms with E-state index >= 15 is 0 Å². The average Bonchev–Trinajstić information content (AvgIpc) is 2.21. The standard InChI is InChI=1S/C12H15BrN2O/c1-9(2)7-8-14-12(16)15-11-5-3-10(13)4-6-11/h3-9H,1-2H3,(H2,14,15,16)/b8-7+. The van der Waals surface area contributed by atoms with Crippen molar-refractivity contribution in [3.63, 3.8) is 0 Å². The van der Waals surface area contributed by atoms with Gasteiger partial charge in [-0.1, -0.05) is 35.9 Å². The number of nitrogens with one attached hydrogen (secondary N) is 2. The van der Waals surface area contributed by atoms with Crippen molar-refractivity contribution in [3.05, 3.63) is 41.0 Å². The van der Waals surface area contributed by atoms with Gasteiger partial charge in [-0.15, -0.1) is 0 Å². The van der Waals surface area contributed by atoms with Crippen LogP contribution < -0.4 is 10.6 Å². The molecule has 1 rings (SSSR count). The summed E-state index contributed by atoms with van der Waals surface area (Å²) < 4.78 is 0.984. The van der Waals surface area contributed by atoms with Gasteiger partial charge < -0.3 is 10.6 Å². The molecule has 0 spiro atoms. The first kappa shape index (κ1) is 12.8. The van der Waals surface area contributed by atoms with Crippen molar-refractivity contribution in [1.29, 1.82) is 0 Å². The van der Waals surface area contributed by atoms with Gasteiger partial charge in [0.05, 0.1) is 0 Å². The maximum atomic E-state index is 11.4. The van der Waals surface area contributed by atoms with Crippen LogP contribution in [-0.2, 0) is 0 Å². The Balaban J connectivity index is 2.43. The molecule has 0 heterocycles. The molecule has 0 saturated heterocycles. The number of benzene rings is 1. The van der Waals surface area contributed by atoms with Gasteiger partial charge in [0.25, 0.3) is 0 Å². The minimum absolute atomic E-state index is 0.237. The van der Waals surface area contributed by atoms with E-state index < -0.39 is 0 Å². The maximum absolute atomic E-state index is 11.4. The molecule has 0 radical (unpaired) electrons. The number of amides is 2. The first-order valence-corrected chi connectivity index (χ1v) is 5.87. The zero-order chi connectivity index (χ0) is 12.0. The molecule has 0 aliphatic carbocycles. The highest BCUT2D eigenvalue weighted by molar-refractivity contribution is 9.10. The Labute approximate surface area is 104 Å². The molecule has 0 bridgehead atoms. The highest BCUT2D eigenvalue weighted by Crippen LogP contribution is 2.13. The number of urea groups is 1. The normalized spacial score (nSPS) is 10.8. The van der Waals surface area contributed by atoms with E-state index in [1.54, 1.807) is 6.20 Å². The largest absolute Gasteiger partial charge is 0.323 e. The molecule has 0 aromatic heterocycles. The van der Waals surface area contributed by atoms with Crippen LogP contribution in [0.4, 0.5) is 10.5 Å². The van der Waals surface area contributed by atoms with E-state index in [4.69, 9.17) is 0 Å². The third-order valence-electron chi connectivity index (χ3n) is 1.80. The molecule has 0 aliphatic heterocycles. The fraction of sp³-hybridized carbons (Fsp3) is 0.250. The Morgan fingerprint density at radius 2 is 1.94 bits per heavy atom. The van der Waals surface area contributed by atoms with E-state index in [2.05, 4.69) is 26.6 Å². The Bertz CT molecular complexity index is 371. The number of hydrogen-bond acceptors (Lipinski definition) is 1. The van der Waals surface area contributed by atoms with E-state index in [1.807, 2.05) is 44.2 Å². The highest BCUT2D eigenvalue weighted by atomic mass is 79.9. The van der Waals surface area contributed by atoms with E-state index in [0.29, 0.717) is 5.92 Å². The van der Waals surface area contributed by atoms with Gasteiger partial charge >= 0.3 is 6.03 Å². The Kier molecular flexibility index (Phi) is 5.05. The Morgan fingerprint density at radius 1 is 1.31 bits per heavy atom. The minimum Gasteiger partial charge on any atom is -0.315 e. The fourth-order valence-electron chi connectivity index (χ4n) is 1.02. The van der Waals surface area contributed by atoms with Crippen LogP contribution in [0.3, 0.4) is 0 Å². The van der Waals surface area contributed by atoms with Crippen LogP contribution in [0.15, 0.2) is 41.0 Å². The Hall–Kier alpha value is -1.29. The van der Waals surface area contributed by atoms with Gasteiger partial charge in [0.1, 0.15) is 0 Å². The van der Waals surface area contributed by atoms with Crippen molar-refractivity contribution in [3.8, 4) is 0 Å². The molecule has 1 aromatic carbocycles. The van der Waals surface area contributed by atoms with Gasteiger partial charge in [0, 0.05) is 16.4 Å². The summed E-state index contributed by atoms with van der Waals surface area (Å²) in [6, 6.07) is 7.17. The predicted octanol–water partition coefficient (Wildman–Crippen LogP) is 3.74. The number of halogens is 1. The van der Waals surface area contributed by atoms with Gasteiger partial charge in [-0.25, -0.2) is 4.79 Å². The summed E-state index contributed by atoms with van der Waals surface area (Å²) in [4.78, 5) is 11.4. The number of hydrogen-bond donors (Lipinski definition) is 2. The van der Waals surface area contributed by atoms with Crippen LogP contribution in [0.2, 0.25) is 0 Å². The maximum Gasteiger partial charge on any atom is 0.323 e. The molecular formula is C12H15BrN2O. The van der Waals surface area contributed by atoms with Gasteiger partial charge in [-0.2, -0.15) is 0 Å². The van der Waals surface area contributed by atoms with Crippen molar-refractivity contribution in [2.75, 3.05) is 5.32 Å². The van der Waals surface area contributed by atoms with Crippen molar-refractivity contribution in [2.24, 2.45) is 5.92 Å². The molecule has 2 N–H and O–H groups in total. The molecule has 4 heteroatoms. The Morgan fingerprint density at radius 3 is 2.50 bits per heavy atom. The molecule has 3 nitrogen and oxygen atoms in total. The summed E-state index contributed by atoms with van der Waals surface area (Å²) in [7, 11) is 0. The summed E-state index contributed by atoms with van der Waals surface area (Å²) in [5, 5.41) is 5.36. The lowest BCUT2D eigenvalue weighted by Gasteiger charge is -2.04. The smallest absolute Gasteiger partial charge is 0.315 e. The average molecular weight is 283 g/mol. The van der Waals surface area contributed by atoms with Crippen molar-refractivity contribution in [2.45, 2.75) is 13.8 Å². The molecular weight excluding hydrogens is 268 g/mol. The van der Waals surface area contributed by atoms with E-state index in [9.17, 15) is 4.79 Å². The number of anilines is 1. The molecule has 16 heavy (non-hydrogen) atoms. The minimum atomic E-state index is -0.237. The zero-order valence-electron chi connectivity index (χ0n) is 9.33. The van der Waals surface area contributed by atoms with Gasteiger partial charge in [0.2, 0.25) is 0 Å². The summed E-state index contributed by atoms with van der Waals surface area (Å²) in [6.45, 7) is 4.09. The van der Waals surface area contributed by atoms with Crippen LogP contribution in [0.25, 0.3) is 0 Å². The van der Waals surface area contributed by atoms with Crippen molar-refractivity contribution >= 4 is 27.6 Å². The van der Waals surface area contributed by atoms with E-state index in [0.717, 1.165) is 10.2 Å². The topological polar surface area (TPSA) is 41.1 Å². The second-order valence-electron chi connectivity index (χ2n) is 3.71. The quantitative estimate of drug-likeness (QED) is 0.871. The lowest BCUT2D eigenvalue weighted by molar-refractivity contribution is 0.255. The van der Waals surface area contributed by atoms with Gasteiger partial charge in [0.15, 0.2) is 0 Å². The van der Waals surface area contributed by atoms with Crippen LogP contribution >= 0.6 is 15.9 Å². The number of carbonyl (C=O) groups is 1. The molecule has 2 amide bonds. The van der Waals surface area contributed by atoms with E-state index in [-0.39, 0.29) is 6.03 Å². The highest BCUT2D eigenvalue weighted by Gasteiger charge is 1.98. The zero-order valence-corrected chi connectivity index (χ0v) is 10.9. The molecule has 86 valence electrons. The molecule has 0 saturated carbocycles. The van der Waals surface area contributed by atoms with Gasteiger partial charge in [-0.05, 0) is 30.2 Å². The van der Waals surface area contributed by atoms with Crippen LogP contribution in [0.5, 0.6) is 0 Å².